The maximum Gasteiger partial charge on any atom is 0.230 e. The summed E-state index contributed by atoms with van der Waals surface area (Å²) in [5.41, 5.74) is 2.04. The molecule has 0 aliphatic rings. The fourth-order valence-corrected chi connectivity index (χ4v) is 2.38. The van der Waals surface area contributed by atoms with Gasteiger partial charge < -0.3 is 10.3 Å². The Labute approximate surface area is 108 Å². The fourth-order valence-electron chi connectivity index (χ4n) is 1.84. The topological polar surface area (TPSA) is 57.8 Å². The van der Waals surface area contributed by atoms with Crippen molar-refractivity contribution in [2.24, 2.45) is 0 Å². The van der Waals surface area contributed by atoms with Gasteiger partial charge in [0.1, 0.15) is 0 Å². The first kappa shape index (κ1) is 11.0. The van der Waals surface area contributed by atoms with Gasteiger partial charge in [-0.2, -0.15) is 0 Å². The van der Waals surface area contributed by atoms with Crippen molar-refractivity contribution in [3.05, 3.63) is 47.6 Å². The Balaban J connectivity index is 1.73. The SMILES string of the molecule is O=C(Cc1ccc2cc[nH]c2c1)Nc1nccs1. The van der Waals surface area contributed by atoms with E-state index in [0.29, 0.717) is 11.6 Å². The number of amides is 1. The Hall–Kier alpha value is -2.14. The van der Waals surface area contributed by atoms with E-state index in [2.05, 4.69) is 15.3 Å². The van der Waals surface area contributed by atoms with Crippen LogP contribution >= 0.6 is 11.3 Å². The van der Waals surface area contributed by atoms with Gasteiger partial charge in [-0.1, -0.05) is 12.1 Å². The summed E-state index contributed by atoms with van der Waals surface area (Å²) in [5, 5.41) is 6.40. The molecular weight excluding hydrogens is 246 g/mol. The number of nitrogens with one attached hydrogen (secondary N) is 2. The van der Waals surface area contributed by atoms with Gasteiger partial charge in [-0.3, -0.25) is 4.79 Å². The second kappa shape index (κ2) is 4.62. The number of carbonyl (C=O) groups is 1. The molecule has 5 heteroatoms. The van der Waals surface area contributed by atoms with E-state index in [1.165, 1.54) is 11.3 Å². The first-order valence-electron chi connectivity index (χ1n) is 5.56. The fraction of sp³-hybridized carbons (Fsp3) is 0.0769. The zero-order chi connectivity index (χ0) is 12.4. The van der Waals surface area contributed by atoms with Gasteiger partial charge in [0.05, 0.1) is 6.42 Å². The maximum absolute atomic E-state index is 11.8. The molecule has 0 bridgehead atoms. The third-order valence-corrected chi connectivity index (χ3v) is 3.35. The molecule has 1 aromatic carbocycles. The molecule has 2 aromatic heterocycles. The normalized spacial score (nSPS) is 10.7. The van der Waals surface area contributed by atoms with E-state index in [1.54, 1.807) is 6.20 Å². The highest BCUT2D eigenvalue weighted by molar-refractivity contribution is 7.13. The molecule has 0 saturated heterocycles. The zero-order valence-electron chi connectivity index (χ0n) is 9.51. The molecular formula is C13H11N3OS. The van der Waals surface area contributed by atoms with Crippen LogP contribution in [0.3, 0.4) is 0 Å². The number of rotatable bonds is 3. The highest BCUT2D eigenvalue weighted by atomic mass is 32.1. The Morgan fingerprint density at radius 3 is 3.17 bits per heavy atom. The van der Waals surface area contributed by atoms with Crippen molar-refractivity contribution in [2.75, 3.05) is 5.32 Å². The van der Waals surface area contributed by atoms with Crippen LogP contribution in [0.2, 0.25) is 0 Å². The number of aromatic nitrogens is 2. The molecule has 0 fully saturated rings. The van der Waals surface area contributed by atoms with E-state index >= 15 is 0 Å². The highest BCUT2D eigenvalue weighted by Crippen LogP contribution is 2.15. The van der Waals surface area contributed by atoms with Crippen LogP contribution in [0.1, 0.15) is 5.56 Å². The first-order valence-corrected chi connectivity index (χ1v) is 6.44. The predicted molar refractivity (Wildman–Crippen MR) is 72.7 cm³/mol. The Morgan fingerprint density at radius 2 is 2.33 bits per heavy atom. The number of benzene rings is 1. The molecule has 0 spiro atoms. The third kappa shape index (κ3) is 2.26. The van der Waals surface area contributed by atoms with Gasteiger partial charge in [-0.25, -0.2) is 4.98 Å². The minimum Gasteiger partial charge on any atom is -0.361 e. The van der Waals surface area contributed by atoms with Gasteiger partial charge in [0.15, 0.2) is 5.13 Å². The quantitative estimate of drug-likeness (QED) is 0.758. The lowest BCUT2D eigenvalue weighted by Gasteiger charge is -2.02. The molecule has 0 radical (unpaired) electrons. The van der Waals surface area contributed by atoms with Gasteiger partial charge in [0.25, 0.3) is 0 Å². The Kier molecular flexibility index (Phi) is 2.82. The maximum atomic E-state index is 11.8. The summed E-state index contributed by atoms with van der Waals surface area (Å²) in [6.07, 6.45) is 3.92. The average Bonchev–Trinajstić information content (AvgIpc) is 2.98. The molecule has 4 nitrogen and oxygen atoms in total. The Morgan fingerprint density at radius 1 is 1.39 bits per heavy atom. The van der Waals surface area contributed by atoms with Gasteiger partial charge in [0, 0.05) is 23.3 Å². The summed E-state index contributed by atoms with van der Waals surface area (Å²) < 4.78 is 0. The van der Waals surface area contributed by atoms with E-state index in [1.807, 2.05) is 35.8 Å². The van der Waals surface area contributed by atoms with Crippen molar-refractivity contribution in [2.45, 2.75) is 6.42 Å². The lowest BCUT2D eigenvalue weighted by Crippen LogP contribution is -2.14. The van der Waals surface area contributed by atoms with Crippen molar-refractivity contribution in [3.63, 3.8) is 0 Å². The van der Waals surface area contributed by atoms with Crippen molar-refractivity contribution in [3.8, 4) is 0 Å². The lowest BCUT2D eigenvalue weighted by molar-refractivity contribution is -0.115. The molecule has 90 valence electrons. The molecule has 1 amide bonds. The average molecular weight is 257 g/mol. The van der Waals surface area contributed by atoms with E-state index in [9.17, 15) is 4.79 Å². The molecule has 0 aliphatic carbocycles. The van der Waals surface area contributed by atoms with Crippen molar-refractivity contribution in [1.82, 2.24) is 9.97 Å². The van der Waals surface area contributed by atoms with Crippen LogP contribution in [0.4, 0.5) is 5.13 Å². The highest BCUT2D eigenvalue weighted by Gasteiger charge is 2.06. The standard InChI is InChI=1S/C13H11N3OS/c17-12(16-13-15-5-6-18-13)8-9-1-2-10-3-4-14-11(10)7-9/h1-7,14H,8H2,(H,15,16,17). The number of aromatic amines is 1. The number of H-pyrrole nitrogens is 1. The largest absolute Gasteiger partial charge is 0.361 e. The number of anilines is 1. The molecule has 2 N–H and O–H groups in total. The third-order valence-electron chi connectivity index (χ3n) is 2.66. The molecule has 18 heavy (non-hydrogen) atoms. The number of hydrogen-bond acceptors (Lipinski definition) is 3. The minimum absolute atomic E-state index is 0.0455. The van der Waals surface area contributed by atoms with Crippen molar-refractivity contribution < 1.29 is 4.79 Å². The molecule has 0 unspecified atom stereocenters. The van der Waals surface area contributed by atoms with Crippen LogP contribution in [-0.2, 0) is 11.2 Å². The summed E-state index contributed by atoms with van der Waals surface area (Å²) in [6.45, 7) is 0. The summed E-state index contributed by atoms with van der Waals surface area (Å²) >= 11 is 1.42. The van der Waals surface area contributed by atoms with Gasteiger partial charge in [0.2, 0.25) is 5.91 Å². The number of nitrogens with zero attached hydrogens (tertiary/aromatic N) is 1. The van der Waals surface area contributed by atoms with Gasteiger partial charge in [-0.15, -0.1) is 11.3 Å². The van der Waals surface area contributed by atoms with Crippen LogP contribution in [0.15, 0.2) is 42.0 Å². The van der Waals surface area contributed by atoms with Gasteiger partial charge in [-0.05, 0) is 23.1 Å². The zero-order valence-corrected chi connectivity index (χ0v) is 10.3. The molecule has 2 heterocycles. The van der Waals surface area contributed by atoms with E-state index < -0.39 is 0 Å². The van der Waals surface area contributed by atoms with Crippen LogP contribution in [0.5, 0.6) is 0 Å². The van der Waals surface area contributed by atoms with E-state index in [-0.39, 0.29) is 5.91 Å². The first-order chi connectivity index (χ1) is 8.81. The summed E-state index contributed by atoms with van der Waals surface area (Å²) in [5.74, 6) is -0.0455. The summed E-state index contributed by atoms with van der Waals surface area (Å²) in [4.78, 5) is 19.0. The summed E-state index contributed by atoms with van der Waals surface area (Å²) in [6, 6.07) is 7.99. The minimum atomic E-state index is -0.0455. The molecule has 3 rings (SSSR count). The Bertz CT molecular complexity index is 672. The molecule has 0 atom stereocenters. The number of hydrogen-bond donors (Lipinski definition) is 2. The van der Waals surface area contributed by atoms with Crippen LogP contribution in [0, 0.1) is 0 Å². The molecule has 3 aromatic rings. The predicted octanol–water partition coefficient (Wildman–Crippen LogP) is 2.81. The van der Waals surface area contributed by atoms with Crippen LogP contribution < -0.4 is 5.32 Å². The van der Waals surface area contributed by atoms with Crippen LogP contribution in [-0.4, -0.2) is 15.9 Å². The molecule has 0 aliphatic heterocycles. The monoisotopic (exact) mass is 257 g/mol. The second-order valence-corrected chi connectivity index (χ2v) is 4.86. The van der Waals surface area contributed by atoms with Crippen LogP contribution in [0.25, 0.3) is 10.9 Å². The molecule has 0 saturated carbocycles. The lowest BCUT2D eigenvalue weighted by atomic mass is 10.1. The smallest absolute Gasteiger partial charge is 0.230 e. The second-order valence-electron chi connectivity index (χ2n) is 3.96. The van der Waals surface area contributed by atoms with E-state index in [0.717, 1.165) is 16.5 Å². The number of carbonyl (C=O) groups excluding carboxylic acids is 1. The summed E-state index contributed by atoms with van der Waals surface area (Å²) in [7, 11) is 0. The van der Waals surface area contributed by atoms with Crippen molar-refractivity contribution in [1.29, 1.82) is 0 Å². The van der Waals surface area contributed by atoms with Gasteiger partial charge >= 0.3 is 0 Å². The number of thiazole rings is 1. The number of fused-ring (bicyclic) bond motifs is 1. The van der Waals surface area contributed by atoms with E-state index in [4.69, 9.17) is 0 Å². The van der Waals surface area contributed by atoms with Crippen molar-refractivity contribution >= 4 is 33.3 Å².